The van der Waals surface area contributed by atoms with Gasteiger partial charge in [-0.1, -0.05) is 100 Å². The number of quaternary nitrogens is 1. The molecule has 2 rings (SSSR count). The normalized spacial score (nSPS) is 11.2. The molecule has 0 aromatic heterocycles. The minimum absolute atomic E-state index is 0. The Morgan fingerprint density at radius 2 is 0.929 bits per heavy atom. The van der Waals surface area contributed by atoms with E-state index in [1.807, 2.05) is 0 Å². The van der Waals surface area contributed by atoms with Crippen LogP contribution in [0.5, 0.6) is 0 Å². The summed E-state index contributed by atoms with van der Waals surface area (Å²) in [5, 5.41) is 0. The van der Waals surface area contributed by atoms with Crippen molar-refractivity contribution in [3.63, 3.8) is 0 Å². The summed E-state index contributed by atoms with van der Waals surface area (Å²) in [6, 6.07) is 22.3. The Morgan fingerprint density at radius 1 is 0.536 bits per heavy atom. The number of halogens is 1. The van der Waals surface area contributed by atoms with Gasteiger partial charge in [0.05, 0.1) is 13.1 Å². The highest BCUT2D eigenvalue weighted by molar-refractivity contribution is 5.15. The number of rotatable bonds is 14. The predicted molar refractivity (Wildman–Crippen MR) is 119 cm³/mol. The third kappa shape index (κ3) is 9.39. The predicted octanol–water partition coefficient (Wildman–Crippen LogP) is 4.37. The van der Waals surface area contributed by atoms with Gasteiger partial charge in [-0.25, -0.2) is 0 Å². The Kier molecular flexibility index (Phi) is 13.2. The topological polar surface area (TPSA) is 0 Å². The third-order valence-corrected chi connectivity index (χ3v) is 5.69. The Bertz CT molecular complexity index is 541. The molecule has 156 valence electrons. The lowest BCUT2D eigenvalue weighted by molar-refractivity contribution is -0.954. The molecule has 0 heterocycles. The maximum Gasteiger partial charge on any atom is 0.105 e. The molecule has 0 N–H and O–H groups in total. The molecule has 0 atom stereocenters. The molecular formula is C26H40BrN. The first kappa shape index (κ1) is 24.9. The summed E-state index contributed by atoms with van der Waals surface area (Å²) >= 11 is 0. The van der Waals surface area contributed by atoms with Gasteiger partial charge in [0, 0.05) is 11.1 Å². The summed E-state index contributed by atoms with van der Waals surface area (Å²) in [5.74, 6) is 0. The summed E-state index contributed by atoms with van der Waals surface area (Å²) in [6.45, 7) is 9.54. The minimum atomic E-state index is 0. The Labute approximate surface area is 184 Å². The summed E-state index contributed by atoms with van der Waals surface area (Å²) in [7, 11) is 0. The van der Waals surface area contributed by atoms with Crippen LogP contribution in [-0.2, 0) is 13.1 Å². The first-order valence-corrected chi connectivity index (χ1v) is 11.2. The van der Waals surface area contributed by atoms with E-state index in [1.54, 1.807) is 0 Å². The van der Waals surface area contributed by atoms with Crippen LogP contribution < -0.4 is 17.0 Å². The zero-order chi connectivity index (χ0) is 19.2. The van der Waals surface area contributed by atoms with E-state index in [1.165, 1.54) is 80.1 Å². The van der Waals surface area contributed by atoms with Gasteiger partial charge in [0.1, 0.15) is 13.1 Å². The average Bonchev–Trinajstić information content (AvgIpc) is 2.70. The smallest absolute Gasteiger partial charge is 0.105 e. The molecule has 0 radical (unpaired) electrons. The molecule has 2 heteroatoms. The molecule has 0 aliphatic heterocycles. The first-order chi connectivity index (χ1) is 13.3. The van der Waals surface area contributed by atoms with Crippen molar-refractivity contribution in [2.45, 2.75) is 78.3 Å². The van der Waals surface area contributed by atoms with Crippen LogP contribution >= 0.6 is 0 Å². The Balaban J connectivity index is 0.00000392. The number of nitrogens with zero attached hydrogens (tertiary/aromatic N) is 1. The first-order valence-electron chi connectivity index (χ1n) is 11.2. The van der Waals surface area contributed by atoms with Crippen LogP contribution in [0.25, 0.3) is 0 Å². The van der Waals surface area contributed by atoms with Gasteiger partial charge in [0.15, 0.2) is 0 Å². The van der Waals surface area contributed by atoms with Crippen LogP contribution in [0.3, 0.4) is 0 Å². The van der Waals surface area contributed by atoms with Crippen LogP contribution in [0.15, 0.2) is 60.7 Å². The van der Waals surface area contributed by atoms with E-state index in [-0.39, 0.29) is 17.0 Å². The fourth-order valence-electron chi connectivity index (χ4n) is 4.17. The van der Waals surface area contributed by atoms with Gasteiger partial charge in [-0.3, -0.25) is 0 Å². The molecular weight excluding hydrogens is 406 g/mol. The lowest BCUT2D eigenvalue weighted by Crippen LogP contribution is -3.00. The second-order valence-electron chi connectivity index (χ2n) is 8.20. The SMILES string of the molecule is CCCCCC[N+](CCCCCC)(Cc1ccccc1)Cc1ccccc1.[Br-]. The van der Waals surface area contributed by atoms with Crippen LogP contribution in [0.1, 0.15) is 76.3 Å². The van der Waals surface area contributed by atoms with Gasteiger partial charge in [0.2, 0.25) is 0 Å². The monoisotopic (exact) mass is 445 g/mol. The molecule has 1 nitrogen and oxygen atoms in total. The number of unbranched alkanes of at least 4 members (excludes halogenated alkanes) is 6. The average molecular weight is 447 g/mol. The molecule has 28 heavy (non-hydrogen) atoms. The fourth-order valence-corrected chi connectivity index (χ4v) is 4.17. The summed E-state index contributed by atoms with van der Waals surface area (Å²) < 4.78 is 1.21. The summed E-state index contributed by atoms with van der Waals surface area (Å²) in [6.07, 6.45) is 10.8. The Morgan fingerprint density at radius 3 is 1.29 bits per heavy atom. The van der Waals surface area contributed by atoms with Crippen molar-refractivity contribution in [1.82, 2.24) is 0 Å². The largest absolute Gasteiger partial charge is 1.00 e. The van der Waals surface area contributed by atoms with E-state index in [9.17, 15) is 0 Å². The van der Waals surface area contributed by atoms with E-state index in [4.69, 9.17) is 0 Å². The zero-order valence-corrected chi connectivity index (χ0v) is 19.7. The van der Waals surface area contributed by atoms with E-state index in [0.717, 1.165) is 13.1 Å². The molecule has 0 aliphatic carbocycles. The van der Waals surface area contributed by atoms with Crippen molar-refractivity contribution in [3.05, 3.63) is 71.8 Å². The van der Waals surface area contributed by atoms with Gasteiger partial charge in [-0.05, 0) is 25.7 Å². The highest BCUT2D eigenvalue weighted by atomic mass is 79.9. The van der Waals surface area contributed by atoms with E-state index < -0.39 is 0 Å². The van der Waals surface area contributed by atoms with E-state index >= 15 is 0 Å². The second kappa shape index (κ2) is 14.8. The van der Waals surface area contributed by atoms with E-state index in [0.29, 0.717) is 0 Å². The molecule has 0 aliphatic rings. The fraction of sp³-hybridized carbons (Fsp3) is 0.538. The van der Waals surface area contributed by atoms with Crippen LogP contribution in [0.2, 0.25) is 0 Å². The zero-order valence-electron chi connectivity index (χ0n) is 18.1. The summed E-state index contributed by atoms with van der Waals surface area (Å²) in [5.41, 5.74) is 2.97. The van der Waals surface area contributed by atoms with Crippen molar-refractivity contribution in [1.29, 1.82) is 0 Å². The van der Waals surface area contributed by atoms with Gasteiger partial charge >= 0.3 is 0 Å². The van der Waals surface area contributed by atoms with Crippen LogP contribution in [0.4, 0.5) is 0 Å². The van der Waals surface area contributed by atoms with Crippen molar-refractivity contribution < 1.29 is 21.5 Å². The number of hydrogen-bond acceptors (Lipinski definition) is 0. The van der Waals surface area contributed by atoms with Crippen molar-refractivity contribution >= 4 is 0 Å². The Hall–Kier alpha value is -1.12. The van der Waals surface area contributed by atoms with Gasteiger partial charge < -0.3 is 21.5 Å². The van der Waals surface area contributed by atoms with Gasteiger partial charge in [0.25, 0.3) is 0 Å². The van der Waals surface area contributed by atoms with Gasteiger partial charge in [-0.2, -0.15) is 0 Å². The van der Waals surface area contributed by atoms with E-state index in [2.05, 4.69) is 74.5 Å². The molecule has 0 bridgehead atoms. The van der Waals surface area contributed by atoms with Crippen molar-refractivity contribution in [2.24, 2.45) is 0 Å². The lowest BCUT2D eigenvalue weighted by Gasteiger charge is -2.39. The molecule has 0 fully saturated rings. The van der Waals surface area contributed by atoms with Crippen LogP contribution in [-0.4, -0.2) is 17.6 Å². The van der Waals surface area contributed by atoms with Crippen molar-refractivity contribution in [2.75, 3.05) is 13.1 Å². The molecule has 0 saturated heterocycles. The minimum Gasteiger partial charge on any atom is -1.00 e. The number of benzene rings is 2. The molecule has 2 aromatic rings. The van der Waals surface area contributed by atoms with Crippen LogP contribution in [0, 0.1) is 0 Å². The molecule has 0 saturated carbocycles. The maximum atomic E-state index is 2.32. The highest BCUT2D eigenvalue weighted by Crippen LogP contribution is 2.23. The van der Waals surface area contributed by atoms with Gasteiger partial charge in [-0.15, -0.1) is 0 Å². The standard InChI is InChI=1S/C26H40N.BrH/c1-3-5-7-15-21-27(22-16-8-6-4-2,23-25-17-11-9-12-18-25)24-26-19-13-10-14-20-26;/h9-14,17-20H,3-8,15-16,21-24H2,1-2H3;1H/q+1;/p-1. The maximum absolute atomic E-state index is 2.32. The molecule has 0 unspecified atom stereocenters. The summed E-state index contributed by atoms with van der Waals surface area (Å²) in [4.78, 5) is 0. The quantitative estimate of drug-likeness (QED) is 0.299. The molecule has 0 amide bonds. The second-order valence-corrected chi connectivity index (χ2v) is 8.20. The molecule has 2 aromatic carbocycles. The third-order valence-electron chi connectivity index (χ3n) is 5.69. The number of hydrogen-bond donors (Lipinski definition) is 0. The molecule has 0 spiro atoms. The lowest BCUT2D eigenvalue weighted by atomic mass is 10.1. The highest BCUT2D eigenvalue weighted by Gasteiger charge is 2.27. The van der Waals surface area contributed by atoms with Crippen molar-refractivity contribution in [3.8, 4) is 0 Å².